The number of amides is 1. The highest BCUT2D eigenvalue weighted by Gasteiger charge is 2.40. The van der Waals surface area contributed by atoms with Crippen LogP contribution in [0.4, 0.5) is 5.69 Å². The highest BCUT2D eigenvalue weighted by Crippen LogP contribution is 2.27. The number of nitriles is 1. The Hall–Kier alpha value is -1.86. The van der Waals surface area contributed by atoms with Crippen molar-refractivity contribution in [3.8, 4) is 6.07 Å². The molecule has 1 aliphatic rings. The molecule has 1 heterocycles. The van der Waals surface area contributed by atoms with Gasteiger partial charge >= 0.3 is 0 Å². The summed E-state index contributed by atoms with van der Waals surface area (Å²) in [6.07, 6.45) is 0.207. The molecule has 1 unspecified atom stereocenters. The van der Waals surface area contributed by atoms with E-state index in [0.717, 1.165) is 5.69 Å². The van der Waals surface area contributed by atoms with Crippen molar-refractivity contribution in [1.29, 1.82) is 5.26 Å². The van der Waals surface area contributed by atoms with E-state index in [1.165, 1.54) is 0 Å². The molecular weight excluding hydrogens is 226 g/mol. The summed E-state index contributed by atoms with van der Waals surface area (Å²) in [5.41, 5.74) is 0.599. The Labute approximate surface area is 107 Å². The van der Waals surface area contributed by atoms with Crippen molar-refractivity contribution in [2.24, 2.45) is 0 Å². The summed E-state index contributed by atoms with van der Waals surface area (Å²) >= 11 is 0. The highest BCUT2D eigenvalue weighted by molar-refractivity contribution is 5.99. The zero-order valence-electron chi connectivity index (χ0n) is 10.7. The number of benzene rings is 1. The van der Waals surface area contributed by atoms with E-state index in [1.807, 2.05) is 44.2 Å². The first-order chi connectivity index (χ1) is 8.56. The fourth-order valence-electron chi connectivity index (χ4n) is 2.30. The Morgan fingerprint density at radius 3 is 2.72 bits per heavy atom. The van der Waals surface area contributed by atoms with E-state index in [-0.39, 0.29) is 17.9 Å². The number of nitrogens with zero attached hydrogens (tertiary/aromatic N) is 2. The van der Waals surface area contributed by atoms with E-state index in [0.29, 0.717) is 6.54 Å². The van der Waals surface area contributed by atoms with Gasteiger partial charge in [-0.2, -0.15) is 5.26 Å². The van der Waals surface area contributed by atoms with E-state index in [9.17, 15) is 4.79 Å². The van der Waals surface area contributed by atoms with Gasteiger partial charge in [-0.1, -0.05) is 18.2 Å². The third-order valence-corrected chi connectivity index (χ3v) is 3.21. The summed E-state index contributed by atoms with van der Waals surface area (Å²) in [4.78, 5) is 14.2. The Balaban J connectivity index is 2.34. The number of nitrogens with one attached hydrogen (secondary N) is 1. The highest BCUT2D eigenvalue weighted by atomic mass is 16.2. The monoisotopic (exact) mass is 243 g/mol. The number of hydrogen-bond acceptors (Lipinski definition) is 3. The number of anilines is 1. The van der Waals surface area contributed by atoms with Crippen LogP contribution in [-0.2, 0) is 4.79 Å². The lowest BCUT2D eigenvalue weighted by atomic mass is 9.95. The summed E-state index contributed by atoms with van der Waals surface area (Å²) in [5.74, 6) is -0.0287. The van der Waals surface area contributed by atoms with Gasteiger partial charge in [0.2, 0.25) is 5.91 Å². The number of hydrogen-bond donors (Lipinski definition) is 1. The molecule has 0 bridgehead atoms. The van der Waals surface area contributed by atoms with Crippen LogP contribution in [0.3, 0.4) is 0 Å². The molecule has 1 aromatic carbocycles. The van der Waals surface area contributed by atoms with Gasteiger partial charge in [0.1, 0.15) is 6.04 Å². The molecule has 0 saturated carbocycles. The number of piperazine rings is 1. The van der Waals surface area contributed by atoms with Crippen LogP contribution in [-0.4, -0.2) is 24.0 Å². The van der Waals surface area contributed by atoms with Crippen LogP contribution in [0, 0.1) is 11.3 Å². The molecule has 4 nitrogen and oxygen atoms in total. The van der Waals surface area contributed by atoms with Crippen LogP contribution in [0.1, 0.15) is 20.3 Å². The first kappa shape index (κ1) is 12.6. The maximum Gasteiger partial charge on any atom is 0.245 e. The zero-order valence-corrected chi connectivity index (χ0v) is 10.7. The van der Waals surface area contributed by atoms with Gasteiger partial charge in [-0.15, -0.1) is 0 Å². The molecule has 0 spiro atoms. The molecule has 1 amide bonds. The minimum atomic E-state index is -0.400. The lowest BCUT2D eigenvalue weighted by molar-refractivity contribution is -0.123. The van der Waals surface area contributed by atoms with Crippen LogP contribution in [0.5, 0.6) is 0 Å². The third kappa shape index (κ3) is 2.22. The number of carbonyl (C=O) groups is 1. The third-order valence-electron chi connectivity index (χ3n) is 3.21. The molecule has 1 saturated heterocycles. The van der Waals surface area contributed by atoms with E-state index in [4.69, 9.17) is 5.26 Å². The molecule has 18 heavy (non-hydrogen) atoms. The lowest BCUT2D eigenvalue weighted by Gasteiger charge is -2.45. The van der Waals surface area contributed by atoms with Gasteiger partial charge in [0, 0.05) is 12.2 Å². The lowest BCUT2D eigenvalue weighted by Crippen LogP contribution is -2.65. The van der Waals surface area contributed by atoms with Gasteiger partial charge in [0.15, 0.2) is 0 Å². The van der Waals surface area contributed by atoms with Gasteiger partial charge in [0.05, 0.1) is 18.0 Å². The van der Waals surface area contributed by atoms with E-state index in [1.54, 1.807) is 4.90 Å². The SMILES string of the molecule is CC1(C)CNC(CC#N)C(=O)N1c1ccccc1. The number of rotatable bonds is 2. The molecule has 94 valence electrons. The molecule has 0 radical (unpaired) electrons. The minimum Gasteiger partial charge on any atom is -0.304 e. The molecule has 1 N–H and O–H groups in total. The van der Waals surface area contributed by atoms with Crippen molar-refractivity contribution in [2.45, 2.75) is 31.8 Å². The predicted molar refractivity (Wildman–Crippen MR) is 70.0 cm³/mol. The van der Waals surface area contributed by atoms with Crippen LogP contribution in [0.25, 0.3) is 0 Å². The molecule has 1 aromatic rings. The molecule has 0 aliphatic carbocycles. The van der Waals surface area contributed by atoms with Gasteiger partial charge < -0.3 is 10.2 Å². The average Bonchev–Trinajstić information content (AvgIpc) is 2.34. The van der Waals surface area contributed by atoms with Crippen LogP contribution >= 0.6 is 0 Å². The Kier molecular flexibility index (Phi) is 3.35. The average molecular weight is 243 g/mol. The van der Waals surface area contributed by atoms with Gasteiger partial charge in [-0.3, -0.25) is 4.79 Å². The summed E-state index contributed by atoms with van der Waals surface area (Å²) in [7, 11) is 0. The fraction of sp³-hybridized carbons (Fsp3) is 0.429. The number of carbonyl (C=O) groups excluding carboxylic acids is 1. The summed E-state index contributed by atoms with van der Waals surface area (Å²) < 4.78 is 0. The van der Waals surface area contributed by atoms with Crippen molar-refractivity contribution >= 4 is 11.6 Å². The standard InChI is InChI=1S/C14H17N3O/c1-14(2)10-16-12(8-9-15)13(18)17(14)11-6-4-3-5-7-11/h3-7,12,16H,8,10H2,1-2H3. The predicted octanol–water partition coefficient (Wildman–Crippen LogP) is 1.68. The van der Waals surface area contributed by atoms with Crippen LogP contribution in [0.15, 0.2) is 30.3 Å². The van der Waals surface area contributed by atoms with Crippen LogP contribution < -0.4 is 10.2 Å². The van der Waals surface area contributed by atoms with E-state index >= 15 is 0 Å². The van der Waals surface area contributed by atoms with Gasteiger partial charge in [0.25, 0.3) is 0 Å². The Bertz CT molecular complexity index is 476. The Morgan fingerprint density at radius 1 is 1.44 bits per heavy atom. The van der Waals surface area contributed by atoms with Crippen molar-refractivity contribution < 1.29 is 4.79 Å². The Morgan fingerprint density at radius 2 is 2.11 bits per heavy atom. The fourth-order valence-corrected chi connectivity index (χ4v) is 2.30. The smallest absolute Gasteiger partial charge is 0.245 e. The second kappa shape index (κ2) is 4.79. The second-order valence-corrected chi connectivity index (χ2v) is 5.12. The first-order valence-corrected chi connectivity index (χ1v) is 6.06. The maximum atomic E-state index is 12.4. The van der Waals surface area contributed by atoms with E-state index < -0.39 is 6.04 Å². The second-order valence-electron chi connectivity index (χ2n) is 5.12. The molecular formula is C14H17N3O. The van der Waals surface area contributed by atoms with Crippen molar-refractivity contribution in [1.82, 2.24) is 5.32 Å². The summed E-state index contributed by atoms with van der Waals surface area (Å²) in [6.45, 7) is 4.72. The summed E-state index contributed by atoms with van der Waals surface area (Å²) in [6, 6.07) is 11.3. The first-order valence-electron chi connectivity index (χ1n) is 6.06. The van der Waals surface area contributed by atoms with Crippen LogP contribution in [0.2, 0.25) is 0 Å². The molecule has 1 fully saturated rings. The largest absolute Gasteiger partial charge is 0.304 e. The molecule has 4 heteroatoms. The normalized spacial score (nSPS) is 22.6. The number of para-hydroxylation sites is 1. The molecule has 2 rings (SSSR count). The van der Waals surface area contributed by atoms with Crippen molar-refractivity contribution in [2.75, 3.05) is 11.4 Å². The zero-order chi connectivity index (χ0) is 13.2. The van der Waals surface area contributed by atoms with Gasteiger partial charge in [-0.25, -0.2) is 0 Å². The summed E-state index contributed by atoms with van der Waals surface area (Å²) in [5, 5.41) is 11.9. The van der Waals surface area contributed by atoms with Gasteiger partial charge in [-0.05, 0) is 26.0 Å². The van der Waals surface area contributed by atoms with Crippen molar-refractivity contribution in [3.63, 3.8) is 0 Å². The maximum absolute atomic E-state index is 12.4. The quantitative estimate of drug-likeness (QED) is 0.859. The molecule has 1 atom stereocenters. The molecule has 0 aromatic heterocycles. The topological polar surface area (TPSA) is 56.1 Å². The van der Waals surface area contributed by atoms with E-state index in [2.05, 4.69) is 11.4 Å². The van der Waals surface area contributed by atoms with Crippen molar-refractivity contribution in [3.05, 3.63) is 30.3 Å². The molecule has 1 aliphatic heterocycles. The minimum absolute atomic E-state index is 0.0287.